The van der Waals surface area contributed by atoms with Gasteiger partial charge in [0.1, 0.15) is 28.4 Å². The number of amides is 2. The molecule has 8 rings (SSSR count). The quantitative estimate of drug-likeness (QED) is 0.256. The molecule has 3 aliphatic heterocycles. The Hall–Kier alpha value is -5.02. The van der Waals surface area contributed by atoms with Crippen LogP contribution in [0.5, 0.6) is 5.88 Å². The second-order valence-corrected chi connectivity index (χ2v) is 14.0. The molecule has 5 aromatic heterocycles. The molecule has 0 aliphatic carbocycles. The third-order valence-electron chi connectivity index (χ3n) is 9.25. The minimum atomic E-state index is -2.26. The van der Waals surface area contributed by atoms with Gasteiger partial charge in [0.25, 0.3) is 0 Å². The molecule has 8 heterocycles. The predicted octanol–water partition coefficient (Wildman–Crippen LogP) is 3.80. The van der Waals surface area contributed by atoms with E-state index in [-0.39, 0.29) is 25.1 Å². The predicted molar refractivity (Wildman–Crippen MR) is 185 cm³/mol. The van der Waals surface area contributed by atoms with Gasteiger partial charge in [-0.05, 0) is 63.4 Å². The Balaban J connectivity index is 0.935. The van der Waals surface area contributed by atoms with Crippen molar-refractivity contribution in [3.63, 3.8) is 0 Å². The molecule has 252 valence electrons. The Bertz CT molecular complexity index is 2160. The molecule has 3 aliphatic rings. The van der Waals surface area contributed by atoms with Gasteiger partial charge in [-0.15, -0.1) is 11.3 Å². The Morgan fingerprint density at radius 1 is 1.12 bits per heavy atom. The third kappa shape index (κ3) is 5.97. The first-order valence-electron chi connectivity index (χ1n) is 17.4. The Morgan fingerprint density at radius 3 is 2.76 bits per heavy atom. The lowest BCUT2D eigenvalue weighted by molar-refractivity contribution is -0.132. The number of ether oxygens (including phenoxy) is 1. The van der Waals surface area contributed by atoms with E-state index in [0.29, 0.717) is 67.6 Å². The van der Waals surface area contributed by atoms with Crippen molar-refractivity contribution in [2.24, 2.45) is 12.5 Å². The number of nitrogens with zero attached hydrogens (tertiary/aromatic N) is 10. The van der Waals surface area contributed by atoms with Crippen molar-refractivity contribution in [1.29, 1.82) is 0 Å². The van der Waals surface area contributed by atoms with Crippen LogP contribution in [0.15, 0.2) is 49.1 Å². The van der Waals surface area contributed by atoms with Crippen LogP contribution in [0, 0.1) is 5.41 Å². The molecule has 15 heteroatoms. The Morgan fingerprint density at radius 2 is 2.00 bits per heavy atom. The maximum absolute atomic E-state index is 14.1. The third-order valence-corrected chi connectivity index (χ3v) is 10.3. The maximum atomic E-state index is 14.1. The van der Waals surface area contributed by atoms with Crippen LogP contribution in [0.2, 0.25) is 0 Å². The summed E-state index contributed by atoms with van der Waals surface area (Å²) in [4.78, 5) is 51.4. The van der Waals surface area contributed by atoms with Crippen LogP contribution in [0.25, 0.3) is 38.6 Å². The first kappa shape index (κ1) is 28.9. The summed E-state index contributed by atoms with van der Waals surface area (Å²) in [5.41, 5.74) is 2.96. The highest BCUT2D eigenvalue weighted by Crippen LogP contribution is 2.42. The molecular weight excluding hydrogens is 643 g/mol. The average molecular weight is 682 g/mol. The van der Waals surface area contributed by atoms with Crippen LogP contribution in [0.3, 0.4) is 0 Å². The van der Waals surface area contributed by atoms with Gasteiger partial charge < -0.3 is 9.64 Å². The van der Waals surface area contributed by atoms with Crippen molar-refractivity contribution in [2.75, 3.05) is 44.1 Å². The largest absolute Gasteiger partial charge is 0.475 e. The van der Waals surface area contributed by atoms with E-state index < -0.39 is 17.8 Å². The number of H-pyrrole nitrogens is 1. The summed E-state index contributed by atoms with van der Waals surface area (Å²) >= 11 is 1.50. The highest BCUT2D eigenvalue weighted by atomic mass is 32.1. The number of rotatable bonds is 8. The number of likely N-dealkylation sites (tertiary alicyclic amines) is 1. The number of hydrogen-bond donors (Lipinski definition) is 1. The molecule has 0 bridgehead atoms. The van der Waals surface area contributed by atoms with Gasteiger partial charge in [-0.25, -0.2) is 19.9 Å². The van der Waals surface area contributed by atoms with Crippen LogP contribution < -0.4 is 9.64 Å². The maximum Gasteiger partial charge on any atom is 0.237 e. The number of fused-ring (bicyclic) bond motifs is 1. The molecule has 1 atom stereocenters. The van der Waals surface area contributed by atoms with Crippen LogP contribution >= 0.6 is 11.3 Å². The average Bonchev–Trinajstić information content (AvgIpc) is 3.97. The summed E-state index contributed by atoms with van der Waals surface area (Å²) in [7, 11) is 1.81. The Labute approximate surface area is 289 Å². The fraction of sp³-hybridized carbons (Fsp3) is 0.412. The second kappa shape index (κ2) is 12.5. The van der Waals surface area contributed by atoms with E-state index in [9.17, 15) is 9.59 Å². The monoisotopic (exact) mass is 681 g/mol. The zero-order valence-corrected chi connectivity index (χ0v) is 28.3. The smallest absolute Gasteiger partial charge is 0.237 e. The van der Waals surface area contributed by atoms with Gasteiger partial charge in [-0.1, -0.05) is 6.08 Å². The molecular formula is C34H37N11O3S. The van der Waals surface area contributed by atoms with Crippen LogP contribution in [0.4, 0.5) is 5.82 Å². The van der Waals surface area contributed by atoms with Gasteiger partial charge in [0, 0.05) is 57.3 Å². The van der Waals surface area contributed by atoms with E-state index in [2.05, 4.69) is 30.2 Å². The summed E-state index contributed by atoms with van der Waals surface area (Å²) in [6, 6.07) is 7.33. The van der Waals surface area contributed by atoms with Gasteiger partial charge in [-0.3, -0.25) is 29.2 Å². The molecule has 0 saturated carbocycles. The van der Waals surface area contributed by atoms with Crippen molar-refractivity contribution < 1.29 is 17.1 Å². The number of carbonyl (C=O) groups is 2. The van der Waals surface area contributed by atoms with Gasteiger partial charge >= 0.3 is 0 Å². The van der Waals surface area contributed by atoms with Crippen LogP contribution in [0.1, 0.15) is 40.9 Å². The highest BCUT2D eigenvalue weighted by Gasteiger charge is 2.51. The van der Waals surface area contributed by atoms with E-state index in [1.807, 2.05) is 39.1 Å². The van der Waals surface area contributed by atoms with Crippen LogP contribution in [-0.4, -0.2) is 107 Å². The topological polar surface area (TPSA) is 151 Å². The molecule has 5 aromatic rings. The molecule has 0 radical (unpaired) electrons. The summed E-state index contributed by atoms with van der Waals surface area (Å²) < 4.78 is 25.2. The summed E-state index contributed by atoms with van der Waals surface area (Å²) in [6.45, 7) is 3.20. The minimum absolute atomic E-state index is 0.00763. The van der Waals surface area contributed by atoms with Crippen molar-refractivity contribution in [2.45, 2.75) is 39.2 Å². The Kier molecular flexibility index (Phi) is 7.36. The summed E-state index contributed by atoms with van der Waals surface area (Å²) in [6.07, 6.45) is 8.61. The van der Waals surface area contributed by atoms with Gasteiger partial charge in [0.15, 0.2) is 5.82 Å². The molecule has 1 N–H and O–H groups in total. The van der Waals surface area contributed by atoms with Crippen molar-refractivity contribution >= 4 is 45.6 Å². The number of carbonyl (C=O) groups excluding carboxylic acids is 2. The lowest BCUT2D eigenvalue weighted by Crippen LogP contribution is -2.43. The zero-order chi connectivity index (χ0) is 35.5. The van der Waals surface area contributed by atoms with Gasteiger partial charge in [0.2, 0.25) is 17.7 Å². The fourth-order valence-electron chi connectivity index (χ4n) is 6.69. The number of hydrogen-bond acceptors (Lipinski definition) is 11. The molecule has 49 heavy (non-hydrogen) atoms. The van der Waals surface area contributed by atoms with Crippen LogP contribution in [-0.2, 0) is 16.6 Å². The molecule has 0 aromatic carbocycles. The molecule has 2 saturated heterocycles. The second-order valence-electron chi connectivity index (χ2n) is 13.0. The standard InChI is InChI=1S/C34H37N11O3S/c1-21(2)48-27-7-4-23(16-35-27)29-30-24(39-40-29)5-6-26(38-30)45-15-11-34(33(45)47)10-14-43(19-34)18-28(46)44-12-8-22(9-13-44)32-36-17-25(49-32)31-37-20-42(3)41-31/h4-8,16-17,20-21H,9-15,18-19H2,1-3H3,(H,39,40)/t34-/m0/s1/i18D2. The zero-order valence-electron chi connectivity index (χ0n) is 29.5. The number of aryl methyl sites for hydroxylation is 1. The van der Waals surface area contributed by atoms with Crippen molar-refractivity contribution in [3.8, 4) is 27.8 Å². The van der Waals surface area contributed by atoms with E-state index >= 15 is 0 Å². The number of thiazole rings is 1. The van der Waals surface area contributed by atoms with Gasteiger partial charge in [-0.2, -0.15) is 10.2 Å². The van der Waals surface area contributed by atoms with Gasteiger partial charge in [0.05, 0.1) is 31.2 Å². The number of pyridine rings is 2. The number of nitrogens with one attached hydrogen (secondary N) is 1. The number of aromatic amines is 1. The lowest BCUT2D eigenvalue weighted by Gasteiger charge is -2.28. The van der Waals surface area contributed by atoms with Crippen molar-refractivity contribution in [3.05, 3.63) is 54.1 Å². The van der Waals surface area contributed by atoms with E-state index in [1.165, 1.54) is 16.2 Å². The SMILES string of the molecule is [2H]C([2H])(C(=O)N1CC=C(c2ncc(-c3ncn(C)n3)s2)CC1)N1CC[C@]2(CCN(c3ccc4[nH]nc(-c5ccc(OC(C)C)nc5)c4n3)C2=O)C1. The first-order chi connectivity index (χ1) is 24.5. The summed E-state index contributed by atoms with van der Waals surface area (Å²) in [5, 5.41) is 12.7. The normalized spacial score (nSPS) is 20.8. The molecule has 1 spiro atoms. The fourth-order valence-corrected chi connectivity index (χ4v) is 7.61. The molecule has 14 nitrogen and oxygen atoms in total. The minimum Gasteiger partial charge on any atom is -0.475 e. The first-order valence-corrected chi connectivity index (χ1v) is 17.2. The number of aromatic nitrogens is 8. The van der Waals surface area contributed by atoms with E-state index in [0.717, 1.165) is 26.5 Å². The molecule has 0 unspecified atom stereocenters. The lowest BCUT2D eigenvalue weighted by atomic mass is 9.85. The summed E-state index contributed by atoms with van der Waals surface area (Å²) in [5.74, 6) is 0.960. The molecule has 2 amide bonds. The molecule has 2 fully saturated rings. The number of anilines is 1. The van der Waals surface area contributed by atoms with Crippen molar-refractivity contribution in [1.82, 2.24) is 49.7 Å². The highest BCUT2D eigenvalue weighted by molar-refractivity contribution is 7.16. The van der Waals surface area contributed by atoms with E-state index in [4.69, 9.17) is 12.5 Å². The van der Waals surface area contributed by atoms with E-state index in [1.54, 1.807) is 45.3 Å².